The van der Waals surface area contributed by atoms with E-state index >= 15 is 0 Å². The van der Waals surface area contributed by atoms with Gasteiger partial charge in [0.25, 0.3) is 5.91 Å². The van der Waals surface area contributed by atoms with E-state index in [1.165, 1.54) is 17.4 Å². The van der Waals surface area contributed by atoms with Crippen molar-refractivity contribution < 1.29 is 13.6 Å². The number of rotatable bonds is 8. The summed E-state index contributed by atoms with van der Waals surface area (Å²) >= 11 is 1.38. The largest absolute Gasteiger partial charge is 0.378 e. The molecule has 1 amide bonds. The number of halogens is 2. The number of thiazole rings is 1. The van der Waals surface area contributed by atoms with Crippen molar-refractivity contribution in [2.75, 3.05) is 10.6 Å². The number of carbonyl (C=O) groups excluding carboxylic acids is 1. The number of benzene rings is 2. The maximum absolute atomic E-state index is 14.3. The molecule has 0 spiro atoms. The van der Waals surface area contributed by atoms with Gasteiger partial charge in [-0.25, -0.2) is 18.7 Å². The third kappa shape index (κ3) is 5.20. The second-order valence-electron chi connectivity index (χ2n) is 7.97. The van der Waals surface area contributed by atoms with Gasteiger partial charge in [-0.1, -0.05) is 41.7 Å². The highest BCUT2D eigenvalue weighted by Gasteiger charge is 2.25. The topological polar surface area (TPSA) is 78.9 Å². The molecule has 0 saturated heterocycles. The van der Waals surface area contributed by atoms with Gasteiger partial charge in [0, 0.05) is 34.9 Å². The van der Waals surface area contributed by atoms with Crippen LogP contribution in [0.5, 0.6) is 0 Å². The summed E-state index contributed by atoms with van der Waals surface area (Å²) in [7, 11) is 0. The maximum Gasteiger partial charge on any atom is 0.254 e. The average molecular weight is 478 g/mol. The first-order chi connectivity index (χ1) is 16.5. The molecule has 6 nitrogen and oxygen atoms in total. The van der Waals surface area contributed by atoms with Crippen molar-refractivity contribution in [2.24, 2.45) is 0 Å². The van der Waals surface area contributed by atoms with Crippen molar-refractivity contribution >= 4 is 33.9 Å². The third-order valence-electron chi connectivity index (χ3n) is 5.33. The van der Waals surface area contributed by atoms with E-state index in [0.717, 1.165) is 34.9 Å². The molecule has 0 radical (unpaired) electrons. The van der Waals surface area contributed by atoms with Crippen LogP contribution in [-0.2, 0) is 6.54 Å². The molecule has 9 heteroatoms. The number of anilines is 3. The van der Waals surface area contributed by atoms with Gasteiger partial charge in [-0.2, -0.15) is 0 Å². The van der Waals surface area contributed by atoms with Crippen molar-refractivity contribution in [1.29, 1.82) is 0 Å². The van der Waals surface area contributed by atoms with Crippen molar-refractivity contribution in [3.63, 3.8) is 0 Å². The second kappa shape index (κ2) is 9.56. The molecule has 2 aromatic carbocycles. The molecular formula is C25H21F2N5OS. The second-order valence-corrected chi connectivity index (χ2v) is 9.08. The Kier molecular flexibility index (Phi) is 6.18. The van der Waals surface area contributed by atoms with E-state index in [0.29, 0.717) is 10.9 Å². The normalized spacial score (nSPS) is 12.9. The Morgan fingerprint density at radius 3 is 2.53 bits per heavy atom. The van der Waals surface area contributed by atoms with Gasteiger partial charge >= 0.3 is 0 Å². The molecule has 172 valence electrons. The molecule has 5 rings (SSSR count). The number of amides is 1. The lowest BCUT2D eigenvalue weighted by Gasteiger charge is -2.10. The Morgan fingerprint density at radius 1 is 0.971 bits per heavy atom. The summed E-state index contributed by atoms with van der Waals surface area (Å²) in [5.74, 6) is -1.51. The Balaban J connectivity index is 1.21. The summed E-state index contributed by atoms with van der Waals surface area (Å²) in [6, 6.07) is 15.9. The summed E-state index contributed by atoms with van der Waals surface area (Å²) in [6.07, 6.45) is 5.23. The fraction of sp³-hybridized carbons (Fsp3) is 0.160. The van der Waals surface area contributed by atoms with Crippen LogP contribution in [-0.4, -0.2) is 21.9 Å². The minimum absolute atomic E-state index is 0.0587. The van der Waals surface area contributed by atoms with E-state index < -0.39 is 17.5 Å². The molecular weight excluding hydrogens is 456 g/mol. The van der Waals surface area contributed by atoms with Gasteiger partial charge in [-0.15, -0.1) is 0 Å². The SMILES string of the molecule is O=C(NC1CC1)c1cc(NCc2cnc(Nc3ccc(-c4ccccc4)cn3)s2)c(F)cc1F. The molecule has 34 heavy (non-hydrogen) atoms. The number of hydrogen-bond donors (Lipinski definition) is 3. The molecule has 3 N–H and O–H groups in total. The number of carbonyl (C=O) groups is 1. The lowest BCUT2D eigenvalue weighted by molar-refractivity contribution is 0.0947. The van der Waals surface area contributed by atoms with Crippen LogP contribution >= 0.6 is 11.3 Å². The molecule has 1 saturated carbocycles. The van der Waals surface area contributed by atoms with E-state index in [-0.39, 0.29) is 23.8 Å². The zero-order chi connectivity index (χ0) is 23.5. The van der Waals surface area contributed by atoms with Gasteiger partial charge in [0.15, 0.2) is 5.13 Å². The third-order valence-corrected chi connectivity index (χ3v) is 6.24. The van der Waals surface area contributed by atoms with Crippen LogP contribution in [0.25, 0.3) is 11.1 Å². The van der Waals surface area contributed by atoms with Crippen LogP contribution < -0.4 is 16.0 Å². The highest BCUT2D eigenvalue weighted by molar-refractivity contribution is 7.15. The minimum Gasteiger partial charge on any atom is -0.378 e. The lowest BCUT2D eigenvalue weighted by Crippen LogP contribution is -2.26. The highest BCUT2D eigenvalue weighted by atomic mass is 32.1. The van der Waals surface area contributed by atoms with E-state index in [4.69, 9.17) is 0 Å². The average Bonchev–Trinajstić information content (AvgIpc) is 3.55. The number of nitrogens with zero attached hydrogens (tertiary/aromatic N) is 2. The Hall–Kier alpha value is -3.85. The predicted octanol–water partition coefficient (Wildman–Crippen LogP) is 5.73. The molecule has 2 aromatic heterocycles. The predicted molar refractivity (Wildman–Crippen MR) is 129 cm³/mol. The molecule has 4 aromatic rings. The van der Waals surface area contributed by atoms with Crippen molar-refractivity contribution in [1.82, 2.24) is 15.3 Å². The van der Waals surface area contributed by atoms with E-state index in [9.17, 15) is 13.6 Å². The zero-order valence-electron chi connectivity index (χ0n) is 18.0. The van der Waals surface area contributed by atoms with Crippen LogP contribution in [0.1, 0.15) is 28.1 Å². The minimum atomic E-state index is -0.878. The smallest absolute Gasteiger partial charge is 0.254 e. The van der Waals surface area contributed by atoms with Gasteiger partial charge in [0.2, 0.25) is 0 Å². The zero-order valence-corrected chi connectivity index (χ0v) is 18.8. The van der Waals surface area contributed by atoms with E-state index in [2.05, 4.69) is 25.9 Å². The number of hydrogen-bond acceptors (Lipinski definition) is 6. The molecule has 2 heterocycles. The fourth-order valence-corrected chi connectivity index (χ4v) is 4.12. The maximum atomic E-state index is 14.3. The summed E-state index contributed by atoms with van der Waals surface area (Å²) < 4.78 is 28.3. The molecule has 0 aliphatic heterocycles. The first-order valence-electron chi connectivity index (χ1n) is 10.8. The monoisotopic (exact) mass is 477 g/mol. The molecule has 1 fully saturated rings. The molecule has 1 aliphatic rings. The quantitative estimate of drug-likeness (QED) is 0.302. The number of nitrogens with one attached hydrogen (secondary N) is 3. The van der Waals surface area contributed by atoms with Crippen LogP contribution in [0.4, 0.5) is 25.4 Å². The molecule has 1 aliphatic carbocycles. The summed E-state index contributed by atoms with van der Waals surface area (Å²) in [4.78, 5) is 21.8. The van der Waals surface area contributed by atoms with E-state index in [1.807, 2.05) is 42.5 Å². The Morgan fingerprint density at radius 2 is 1.79 bits per heavy atom. The van der Waals surface area contributed by atoms with Crippen molar-refractivity contribution in [2.45, 2.75) is 25.4 Å². The molecule has 0 unspecified atom stereocenters. The van der Waals surface area contributed by atoms with Crippen LogP contribution in [0, 0.1) is 11.6 Å². The highest BCUT2D eigenvalue weighted by Crippen LogP contribution is 2.26. The van der Waals surface area contributed by atoms with Gasteiger partial charge in [0.1, 0.15) is 17.5 Å². The molecule has 0 atom stereocenters. The van der Waals surface area contributed by atoms with Gasteiger partial charge in [0.05, 0.1) is 17.8 Å². The first-order valence-corrected chi connectivity index (χ1v) is 11.6. The number of pyridine rings is 1. The first kappa shape index (κ1) is 22.0. The Bertz CT molecular complexity index is 1310. The fourth-order valence-electron chi connectivity index (χ4n) is 3.36. The van der Waals surface area contributed by atoms with Gasteiger partial charge < -0.3 is 16.0 Å². The van der Waals surface area contributed by atoms with Crippen molar-refractivity contribution in [3.8, 4) is 11.1 Å². The van der Waals surface area contributed by atoms with Crippen LogP contribution in [0.3, 0.4) is 0 Å². The Labute approximate surface area is 199 Å². The van der Waals surface area contributed by atoms with E-state index in [1.54, 1.807) is 12.4 Å². The standard InChI is InChI=1S/C25H21F2N5OS/c26-20-11-21(27)22(10-19(20)24(33)31-17-7-8-17)28-13-18-14-30-25(34-18)32-23-9-6-16(12-29-23)15-4-2-1-3-5-15/h1-6,9-12,14,17,28H,7-8,13H2,(H,31,33)(H,29,30,32). The van der Waals surface area contributed by atoms with Crippen LogP contribution in [0.15, 0.2) is 67.0 Å². The summed E-state index contributed by atoms with van der Waals surface area (Å²) in [5, 5.41) is 9.45. The summed E-state index contributed by atoms with van der Waals surface area (Å²) in [5.41, 5.74) is 1.99. The lowest BCUT2D eigenvalue weighted by atomic mass is 10.1. The summed E-state index contributed by atoms with van der Waals surface area (Å²) in [6.45, 7) is 0.270. The number of aromatic nitrogens is 2. The van der Waals surface area contributed by atoms with Gasteiger partial charge in [-0.3, -0.25) is 4.79 Å². The van der Waals surface area contributed by atoms with Crippen molar-refractivity contribution in [3.05, 3.63) is 89.1 Å². The molecule has 0 bridgehead atoms. The van der Waals surface area contributed by atoms with Crippen LogP contribution in [0.2, 0.25) is 0 Å². The van der Waals surface area contributed by atoms with Gasteiger partial charge in [-0.05, 0) is 36.6 Å².